The van der Waals surface area contributed by atoms with Gasteiger partial charge in [0.05, 0.1) is 6.04 Å². The van der Waals surface area contributed by atoms with Gasteiger partial charge in [-0.1, -0.05) is 26.0 Å². The molecule has 0 aliphatic carbocycles. The maximum Gasteiger partial charge on any atom is 0.326 e. The summed E-state index contributed by atoms with van der Waals surface area (Å²) in [6.45, 7) is 5.03. The van der Waals surface area contributed by atoms with E-state index < -0.39 is 47.9 Å². The molecule has 1 rings (SSSR count). The number of nitrogens with zero attached hydrogens (tertiary/aromatic N) is 1. The van der Waals surface area contributed by atoms with E-state index in [2.05, 4.69) is 20.9 Å². The number of hydrogen-bond donors (Lipinski definition) is 8. The summed E-state index contributed by atoms with van der Waals surface area (Å²) >= 11 is 0. The topological polar surface area (TPSA) is 235 Å². The van der Waals surface area contributed by atoms with Crippen molar-refractivity contribution in [2.45, 2.75) is 64.2 Å². The van der Waals surface area contributed by atoms with Gasteiger partial charge in [0.15, 0.2) is 5.96 Å². The molecule has 0 saturated carbocycles. The van der Waals surface area contributed by atoms with Crippen LogP contribution >= 0.6 is 0 Å². The first-order chi connectivity index (χ1) is 16.8. The molecule has 3 amide bonds. The monoisotopic (exact) mass is 507 g/mol. The molecule has 1 aromatic carbocycles. The normalized spacial score (nSPS) is 14.1. The van der Waals surface area contributed by atoms with Crippen molar-refractivity contribution in [3.63, 3.8) is 0 Å². The van der Waals surface area contributed by atoms with Gasteiger partial charge < -0.3 is 43.4 Å². The zero-order chi connectivity index (χ0) is 27.4. The van der Waals surface area contributed by atoms with Gasteiger partial charge in [-0.05, 0) is 49.8 Å². The minimum absolute atomic E-state index is 0.0853. The van der Waals surface area contributed by atoms with E-state index in [0.29, 0.717) is 6.42 Å². The molecule has 200 valence electrons. The molecule has 0 aliphatic heterocycles. The predicted molar refractivity (Wildman–Crippen MR) is 134 cm³/mol. The van der Waals surface area contributed by atoms with E-state index in [-0.39, 0.29) is 37.0 Å². The Kier molecular flexibility index (Phi) is 12.2. The molecule has 1 aromatic rings. The summed E-state index contributed by atoms with van der Waals surface area (Å²) in [7, 11) is 0. The Hall–Kier alpha value is -3.87. The van der Waals surface area contributed by atoms with Gasteiger partial charge in [0.2, 0.25) is 17.7 Å². The van der Waals surface area contributed by atoms with E-state index in [9.17, 15) is 29.4 Å². The summed E-state index contributed by atoms with van der Waals surface area (Å²) in [4.78, 5) is 53.2. The first-order valence-electron chi connectivity index (χ1n) is 11.5. The Bertz CT molecular complexity index is 931. The first kappa shape index (κ1) is 30.2. The van der Waals surface area contributed by atoms with E-state index in [0.717, 1.165) is 5.56 Å². The number of amides is 3. The Morgan fingerprint density at radius 2 is 1.56 bits per heavy atom. The Labute approximate surface area is 209 Å². The number of phenolic OH excluding ortho intramolecular Hbond substituents is 1. The smallest absolute Gasteiger partial charge is 0.326 e. The SMILES string of the molecule is CC(NC(=O)C(N)Cc1ccc(O)cc1)C(=O)NC(C(=O)NC(CCCN=C(N)N)C(=O)O)C(C)C. The van der Waals surface area contributed by atoms with Crippen molar-refractivity contribution in [1.82, 2.24) is 16.0 Å². The molecule has 4 atom stereocenters. The fraction of sp³-hybridized carbons (Fsp3) is 0.522. The van der Waals surface area contributed by atoms with Crippen LogP contribution in [0.25, 0.3) is 0 Å². The van der Waals surface area contributed by atoms with Gasteiger partial charge in [-0.25, -0.2) is 4.79 Å². The minimum atomic E-state index is -1.23. The molecule has 13 heteroatoms. The number of aromatic hydroxyl groups is 1. The number of nitrogens with one attached hydrogen (secondary N) is 3. The number of carbonyl (C=O) groups is 4. The van der Waals surface area contributed by atoms with Crippen LogP contribution in [0, 0.1) is 5.92 Å². The number of hydrogen-bond acceptors (Lipinski definition) is 7. The number of phenols is 1. The van der Waals surface area contributed by atoms with Gasteiger partial charge in [0.1, 0.15) is 23.9 Å². The minimum Gasteiger partial charge on any atom is -0.508 e. The van der Waals surface area contributed by atoms with Crippen molar-refractivity contribution in [2.24, 2.45) is 28.1 Å². The molecule has 0 saturated heterocycles. The Morgan fingerprint density at radius 1 is 0.944 bits per heavy atom. The van der Waals surface area contributed by atoms with Crippen LogP contribution in [0.3, 0.4) is 0 Å². The summed E-state index contributed by atoms with van der Waals surface area (Å²) in [5.74, 6) is -3.50. The summed E-state index contributed by atoms with van der Waals surface area (Å²) in [5, 5.41) is 26.3. The van der Waals surface area contributed by atoms with Gasteiger partial charge in [0, 0.05) is 6.54 Å². The van der Waals surface area contributed by atoms with E-state index in [1.165, 1.54) is 19.1 Å². The van der Waals surface area contributed by atoms with E-state index in [1.54, 1.807) is 26.0 Å². The van der Waals surface area contributed by atoms with E-state index in [4.69, 9.17) is 17.2 Å². The third-order valence-corrected chi connectivity index (χ3v) is 5.29. The molecule has 13 nitrogen and oxygen atoms in total. The van der Waals surface area contributed by atoms with Crippen LogP contribution in [-0.4, -0.2) is 70.6 Å². The second kappa shape index (κ2) is 14.5. The summed E-state index contributed by atoms with van der Waals surface area (Å²) < 4.78 is 0. The van der Waals surface area contributed by atoms with Gasteiger partial charge in [-0.15, -0.1) is 0 Å². The highest BCUT2D eigenvalue weighted by Crippen LogP contribution is 2.11. The van der Waals surface area contributed by atoms with Crippen molar-refractivity contribution in [3.05, 3.63) is 29.8 Å². The van der Waals surface area contributed by atoms with E-state index >= 15 is 0 Å². The molecule has 0 aromatic heterocycles. The molecular formula is C23H37N7O6. The van der Waals surface area contributed by atoms with Crippen LogP contribution in [0.4, 0.5) is 0 Å². The molecule has 0 heterocycles. The zero-order valence-corrected chi connectivity index (χ0v) is 20.7. The average molecular weight is 508 g/mol. The fourth-order valence-electron chi connectivity index (χ4n) is 3.20. The summed E-state index contributed by atoms with van der Waals surface area (Å²) in [6.07, 6.45) is 0.598. The van der Waals surface area contributed by atoms with Crippen LogP contribution in [0.5, 0.6) is 5.75 Å². The Morgan fingerprint density at radius 3 is 2.08 bits per heavy atom. The lowest BCUT2D eigenvalue weighted by Gasteiger charge is -2.26. The van der Waals surface area contributed by atoms with Crippen LogP contribution in [0.1, 0.15) is 39.2 Å². The van der Waals surface area contributed by atoms with Crippen molar-refractivity contribution in [1.29, 1.82) is 0 Å². The molecule has 0 fully saturated rings. The fourth-order valence-corrected chi connectivity index (χ4v) is 3.20. The number of carbonyl (C=O) groups excluding carboxylic acids is 3. The first-order valence-corrected chi connectivity index (χ1v) is 11.5. The van der Waals surface area contributed by atoms with Crippen molar-refractivity contribution < 1.29 is 29.4 Å². The van der Waals surface area contributed by atoms with Gasteiger partial charge >= 0.3 is 5.97 Å². The number of nitrogens with two attached hydrogens (primary N) is 3. The molecule has 36 heavy (non-hydrogen) atoms. The number of carboxylic acid groups (broad SMARTS) is 1. The second-order valence-electron chi connectivity index (χ2n) is 8.79. The highest BCUT2D eigenvalue weighted by molar-refractivity contribution is 5.94. The van der Waals surface area contributed by atoms with Crippen LogP contribution < -0.4 is 33.2 Å². The molecule has 0 spiro atoms. The standard InChI is InChI=1S/C23H37N7O6/c1-12(2)18(21(34)29-17(22(35)36)5-4-10-27-23(25)26)30-19(32)13(3)28-20(33)16(24)11-14-6-8-15(31)9-7-14/h6-9,12-13,16-18,31H,4-5,10-11,24H2,1-3H3,(H,28,33)(H,29,34)(H,30,32)(H,35,36)(H4,25,26,27). The quantitative estimate of drug-likeness (QED) is 0.0832. The molecule has 11 N–H and O–H groups in total. The largest absolute Gasteiger partial charge is 0.508 e. The van der Waals surface area contributed by atoms with Crippen LogP contribution in [0.2, 0.25) is 0 Å². The third kappa shape index (κ3) is 10.6. The molecule has 0 radical (unpaired) electrons. The van der Waals surface area contributed by atoms with Crippen molar-refractivity contribution in [2.75, 3.05) is 6.54 Å². The summed E-state index contributed by atoms with van der Waals surface area (Å²) in [6, 6.07) is 2.04. The molecule has 4 unspecified atom stereocenters. The highest BCUT2D eigenvalue weighted by atomic mass is 16.4. The number of rotatable bonds is 14. The van der Waals surface area contributed by atoms with E-state index in [1.807, 2.05) is 0 Å². The molecule has 0 aliphatic rings. The lowest BCUT2D eigenvalue weighted by molar-refractivity contribution is -0.142. The predicted octanol–water partition coefficient (Wildman–Crippen LogP) is -1.47. The average Bonchev–Trinajstić information content (AvgIpc) is 2.79. The zero-order valence-electron chi connectivity index (χ0n) is 20.7. The third-order valence-electron chi connectivity index (χ3n) is 5.29. The van der Waals surface area contributed by atoms with Crippen LogP contribution in [0.15, 0.2) is 29.3 Å². The van der Waals surface area contributed by atoms with Crippen molar-refractivity contribution in [3.8, 4) is 5.75 Å². The highest BCUT2D eigenvalue weighted by Gasteiger charge is 2.30. The van der Waals surface area contributed by atoms with Crippen molar-refractivity contribution >= 4 is 29.7 Å². The number of aliphatic imine (C=N–C) groups is 1. The Balaban J connectivity index is 2.69. The number of guanidine groups is 1. The maximum absolute atomic E-state index is 12.8. The van der Waals surface area contributed by atoms with Crippen LogP contribution in [-0.2, 0) is 25.6 Å². The van der Waals surface area contributed by atoms with Gasteiger partial charge in [-0.2, -0.15) is 0 Å². The lowest BCUT2D eigenvalue weighted by atomic mass is 10.0. The molecular weight excluding hydrogens is 470 g/mol. The summed E-state index contributed by atoms with van der Waals surface area (Å²) in [5.41, 5.74) is 17.1. The lowest BCUT2D eigenvalue weighted by Crippen LogP contribution is -2.57. The number of aliphatic carboxylic acids is 1. The number of benzene rings is 1. The molecule has 0 bridgehead atoms. The maximum atomic E-state index is 12.8. The second-order valence-corrected chi connectivity index (χ2v) is 8.79. The van der Waals surface area contributed by atoms with Gasteiger partial charge in [0.25, 0.3) is 0 Å². The number of carboxylic acids is 1. The van der Waals surface area contributed by atoms with Gasteiger partial charge in [-0.3, -0.25) is 19.4 Å².